The van der Waals surface area contributed by atoms with E-state index in [9.17, 15) is 9.59 Å². The number of benzene rings is 1. The number of hydrogen-bond donors (Lipinski definition) is 2. The highest BCUT2D eigenvalue weighted by atomic mass is 16.4. The monoisotopic (exact) mass is 276 g/mol. The molecule has 1 aromatic carbocycles. The summed E-state index contributed by atoms with van der Waals surface area (Å²) in [4.78, 5) is 21.5. The van der Waals surface area contributed by atoms with Crippen LogP contribution in [0.5, 0.6) is 0 Å². The number of carboxylic acids is 2. The van der Waals surface area contributed by atoms with Gasteiger partial charge in [0.25, 0.3) is 0 Å². The molecule has 4 nitrogen and oxygen atoms in total. The molecule has 1 aromatic rings. The maximum absolute atomic E-state index is 10.8. The van der Waals surface area contributed by atoms with Gasteiger partial charge in [0, 0.05) is 6.42 Å². The van der Waals surface area contributed by atoms with Gasteiger partial charge >= 0.3 is 11.9 Å². The largest absolute Gasteiger partial charge is 0.481 e. The summed E-state index contributed by atoms with van der Waals surface area (Å²) in [6, 6.07) is 7.64. The third kappa shape index (κ3) is 4.08. The van der Waals surface area contributed by atoms with E-state index >= 15 is 0 Å². The topological polar surface area (TPSA) is 74.6 Å². The summed E-state index contributed by atoms with van der Waals surface area (Å²) in [6.07, 6.45) is 4.42. The first-order valence-electron chi connectivity index (χ1n) is 7.06. The molecule has 2 atom stereocenters. The number of rotatable bonds is 6. The van der Waals surface area contributed by atoms with Crippen molar-refractivity contribution in [1.82, 2.24) is 0 Å². The Morgan fingerprint density at radius 2 is 1.55 bits per heavy atom. The molecule has 0 amide bonds. The predicted octanol–water partition coefficient (Wildman–Crippen LogP) is 2.75. The summed E-state index contributed by atoms with van der Waals surface area (Å²) >= 11 is 0. The molecule has 0 saturated heterocycles. The van der Waals surface area contributed by atoms with E-state index in [0.717, 1.165) is 31.2 Å². The fourth-order valence-corrected chi connectivity index (χ4v) is 3.15. The lowest BCUT2D eigenvalue weighted by atomic mass is 9.87. The highest BCUT2D eigenvalue weighted by molar-refractivity contribution is 5.70. The van der Waals surface area contributed by atoms with Gasteiger partial charge in [-0.2, -0.15) is 0 Å². The Balaban J connectivity index is 1.95. The normalized spacial score (nSPS) is 21.8. The minimum Gasteiger partial charge on any atom is -0.481 e. The molecule has 2 N–H and O–H groups in total. The van der Waals surface area contributed by atoms with Crippen molar-refractivity contribution in [1.29, 1.82) is 0 Å². The average molecular weight is 276 g/mol. The van der Waals surface area contributed by atoms with Gasteiger partial charge in [0.05, 0.1) is 6.42 Å². The third-order valence-electron chi connectivity index (χ3n) is 4.13. The van der Waals surface area contributed by atoms with Gasteiger partial charge in [0.1, 0.15) is 0 Å². The molecule has 0 aromatic heterocycles. The molecule has 0 aliphatic heterocycles. The van der Waals surface area contributed by atoms with Crippen LogP contribution in [0.3, 0.4) is 0 Å². The Labute approximate surface area is 118 Å². The molecule has 108 valence electrons. The van der Waals surface area contributed by atoms with Crippen LogP contribution in [0.1, 0.15) is 36.8 Å². The zero-order valence-electron chi connectivity index (χ0n) is 11.4. The van der Waals surface area contributed by atoms with E-state index in [4.69, 9.17) is 10.2 Å². The van der Waals surface area contributed by atoms with Crippen LogP contribution in [0.4, 0.5) is 0 Å². The van der Waals surface area contributed by atoms with Crippen molar-refractivity contribution in [3.05, 3.63) is 35.4 Å². The van der Waals surface area contributed by atoms with Crippen molar-refractivity contribution >= 4 is 11.9 Å². The maximum Gasteiger partial charge on any atom is 0.307 e. The van der Waals surface area contributed by atoms with Gasteiger partial charge in [-0.25, -0.2) is 0 Å². The van der Waals surface area contributed by atoms with Gasteiger partial charge in [-0.05, 0) is 42.2 Å². The van der Waals surface area contributed by atoms with E-state index in [1.807, 2.05) is 24.3 Å². The first-order valence-corrected chi connectivity index (χ1v) is 7.06. The Hall–Kier alpha value is -1.84. The van der Waals surface area contributed by atoms with Gasteiger partial charge < -0.3 is 10.2 Å². The Bertz CT molecular complexity index is 478. The zero-order valence-corrected chi connectivity index (χ0v) is 11.4. The van der Waals surface area contributed by atoms with Crippen molar-refractivity contribution in [2.45, 2.75) is 38.5 Å². The van der Waals surface area contributed by atoms with Crippen LogP contribution in [0, 0.1) is 11.8 Å². The van der Waals surface area contributed by atoms with Gasteiger partial charge in [-0.1, -0.05) is 30.7 Å². The predicted molar refractivity (Wildman–Crippen MR) is 74.6 cm³/mol. The second kappa shape index (κ2) is 6.55. The molecule has 1 saturated carbocycles. The summed E-state index contributed by atoms with van der Waals surface area (Å²) in [6.45, 7) is 0. The summed E-state index contributed by atoms with van der Waals surface area (Å²) in [5.41, 5.74) is 1.97. The highest BCUT2D eigenvalue weighted by Gasteiger charge is 2.28. The van der Waals surface area contributed by atoms with Crippen LogP contribution in [0.25, 0.3) is 0 Å². The molecule has 4 heteroatoms. The molecule has 0 radical (unpaired) electrons. The van der Waals surface area contributed by atoms with Crippen LogP contribution in [0.2, 0.25) is 0 Å². The molecule has 2 rings (SSSR count). The quantitative estimate of drug-likeness (QED) is 0.837. The van der Waals surface area contributed by atoms with Crippen molar-refractivity contribution in [3.63, 3.8) is 0 Å². The second-order valence-electron chi connectivity index (χ2n) is 5.64. The molecular weight excluding hydrogens is 256 g/mol. The van der Waals surface area contributed by atoms with Crippen LogP contribution < -0.4 is 0 Å². The number of carbonyl (C=O) groups is 2. The standard InChI is InChI=1S/C16H20O4/c17-15(18)9-12-6-4-11(5-7-12)8-13-2-1-3-14(13)10-16(19)20/h4-7,13-14H,1-3,8-10H2,(H,17,18)(H,19,20)/t13-,14-/m0/s1. The van der Waals surface area contributed by atoms with Gasteiger partial charge in [0.15, 0.2) is 0 Å². The van der Waals surface area contributed by atoms with Crippen molar-refractivity contribution < 1.29 is 19.8 Å². The Morgan fingerprint density at radius 3 is 2.15 bits per heavy atom. The number of hydrogen-bond acceptors (Lipinski definition) is 2. The van der Waals surface area contributed by atoms with E-state index in [2.05, 4.69) is 0 Å². The molecule has 20 heavy (non-hydrogen) atoms. The molecule has 1 fully saturated rings. The minimum absolute atomic E-state index is 0.0470. The first kappa shape index (κ1) is 14.6. The fraction of sp³-hybridized carbons (Fsp3) is 0.500. The maximum atomic E-state index is 10.8. The minimum atomic E-state index is -0.824. The molecule has 0 spiro atoms. The van der Waals surface area contributed by atoms with Gasteiger partial charge in [0.2, 0.25) is 0 Å². The number of carboxylic acid groups (broad SMARTS) is 2. The molecule has 0 heterocycles. The Kier molecular flexibility index (Phi) is 4.77. The van der Waals surface area contributed by atoms with Crippen LogP contribution in [-0.2, 0) is 22.4 Å². The van der Waals surface area contributed by atoms with Gasteiger partial charge in [-0.3, -0.25) is 9.59 Å². The third-order valence-corrected chi connectivity index (χ3v) is 4.13. The van der Waals surface area contributed by atoms with Gasteiger partial charge in [-0.15, -0.1) is 0 Å². The summed E-state index contributed by atoms with van der Waals surface area (Å²) in [7, 11) is 0. The van der Waals surface area contributed by atoms with Crippen molar-refractivity contribution in [2.24, 2.45) is 11.8 Å². The zero-order chi connectivity index (χ0) is 14.5. The second-order valence-corrected chi connectivity index (χ2v) is 5.64. The Morgan fingerprint density at radius 1 is 0.950 bits per heavy atom. The van der Waals surface area contributed by atoms with E-state index in [1.54, 1.807) is 0 Å². The van der Waals surface area contributed by atoms with Crippen LogP contribution >= 0.6 is 0 Å². The van der Waals surface area contributed by atoms with E-state index < -0.39 is 11.9 Å². The smallest absolute Gasteiger partial charge is 0.307 e. The fourth-order valence-electron chi connectivity index (χ4n) is 3.15. The molecule has 1 aliphatic rings. The van der Waals surface area contributed by atoms with Crippen molar-refractivity contribution in [2.75, 3.05) is 0 Å². The van der Waals surface area contributed by atoms with E-state index in [1.165, 1.54) is 5.56 Å². The van der Waals surface area contributed by atoms with E-state index in [0.29, 0.717) is 5.92 Å². The van der Waals surface area contributed by atoms with Crippen LogP contribution in [0.15, 0.2) is 24.3 Å². The first-order chi connectivity index (χ1) is 9.54. The summed E-state index contributed by atoms with van der Waals surface area (Å²) in [5, 5.41) is 17.7. The average Bonchev–Trinajstić information content (AvgIpc) is 2.78. The lowest BCUT2D eigenvalue weighted by Gasteiger charge is -2.18. The lowest BCUT2D eigenvalue weighted by Crippen LogP contribution is -2.15. The molecule has 1 aliphatic carbocycles. The molecule has 0 bridgehead atoms. The highest BCUT2D eigenvalue weighted by Crippen LogP contribution is 2.36. The molecular formula is C16H20O4. The summed E-state index contributed by atoms with van der Waals surface area (Å²) in [5.74, 6) is -0.809. The number of aliphatic carboxylic acids is 2. The van der Waals surface area contributed by atoms with Crippen molar-refractivity contribution in [3.8, 4) is 0 Å². The molecule has 0 unspecified atom stereocenters. The SMILES string of the molecule is O=C(O)Cc1ccc(C[C@@H]2CCC[C@H]2CC(=O)O)cc1. The van der Waals surface area contributed by atoms with E-state index in [-0.39, 0.29) is 18.8 Å². The van der Waals surface area contributed by atoms with Crippen LogP contribution in [-0.4, -0.2) is 22.2 Å². The summed E-state index contributed by atoms with van der Waals surface area (Å²) < 4.78 is 0. The lowest BCUT2D eigenvalue weighted by molar-refractivity contribution is -0.138.